The van der Waals surface area contributed by atoms with Crippen molar-refractivity contribution in [1.82, 2.24) is 5.32 Å². The van der Waals surface area contributed by atoms with Gasteiger partial charge in [-0.15, -0.1) is 0 Å². The van der Waals surface area contributed by atoms with Crippen LogP contribution in [0.1, 0.15) is 35.6 Å². The zero-order chi connectivity index (χ0) is 21.6. The van der Waals surface area contributed by atoms with E-state index < -0.39 is 5.97 Å². The topological polar surface area (TPSA) is 64.6 Å². The Kier molecular flexibility index (Phi) is 6.32. The van der Waals surface area contributed by atoms with E-state index in [1.807, 2.05) is 54.6 Å². The first-order valence-electron chi connectivity index (χ1n) is 10.4. The molecule has 3 aromatic rings. The van der Waals surface area contributed by atoms with Crippen molar-refractivity contribution < 1.29 is 19.1 Å². The molecule has 0 heterocycles. The lowest BCUT2D eigenvalue weighted by atomic mass is 9.88. The molecule has 4 rings (SSSR count). The lowest BCUT2D eigenvalue weighted by Crippen LogP contribution is -2.34. The lowest BCUT2D eigenvalue weighted by Gasteiger charge is -2.26. The minimum absolute atomic E-state index is 0.0251. The summed E-state index contributed by atoms with van der Waals surface area (Å²) in [6, 6.07) is 19.8. The molecule has 0 radical (unpaired) electrons. The molecule has 1 aliphatic rings. The van der Waals surface area contributed by atoms with Gasteiger partial charge in [-0.1, -0.05) is 42.5 Å². The Morgan fingerprint density at radius 2 is 1.87 bits per heavy atom. The third-order valence-corrected chi connectivity index (χ3v) is 5.53. The van der Waals surface area contributed by atoms with Crippen molar-refractivity contribution in [3.8, 4) is 5.75 Å². The number of nitrogens with one attached hydrogen (secondary N) is 1. The van der Waals surface area contributed by atoms with E-state index in [4.69, 9.17) is 9.47 Å². The molecule has 1 aliphatic carbocycles. The first-order chi connectivity index (χ1) is 15.1. The number of aryl methyl sites for hydroxylation is 1. The van der Waals surface area contributed by atoms with Gasteiger partial charge in [-0.3, -0.25) is 4.79 Å². The monoisotopic (exact) mass is 415 g/mol. The van der Waals surface area contributed by atoms with E-state index in [2.05, 4.69) is 11.4 Å². The Hall–Kier alpha value is -3.60. The Labute approximate surface area is 181 Å². The average Bonchev–Trinajstić information content (AvgIpc) is 2.81. The van der Waals surface area contributed by atoms with Gasteiger partial charge in [0, 0.05) is 6.08 Å². The predicted octanol–water partition coefficient (Wildman–Crippen LogP) is 4.60. The number of ether oxygens (including phenoxy) is 2. The predicted molar refractivity (Wildman–Crippen MR) is 121 cm³/mol. The summed E-state index contributed by atoms with van der Waals surface area (Å²) >= 11 is 0. The Balaban J connectivity index is 1.30. The number of carbonyl (C=O) groups is 2. The summed E-state index contributed by atoms with van der Waals surface area (Å²) in [5, 5.41) is 5.08. The van der Waals surface area contributed by atoms with E-state index in [9.17, 15) is 9.59 Å². The van der Waals surface area contributed by atoms with Crippen LogP contribution in [0.3, 0.4) is 0 Å². The second kappa shape index (κ2) is 9.47. The molecule has 158 valence electrons. The Bertz CT molecular complexity index is 1140. The molecule has 5 nitrogen and oxygen atoms in total. The van der Waals surface area contributed by atoms with Crippen molar-refractivity contribution in [1.29, 1.82) is 0 Å². The van der Waals surface area contributed by atoms with Crippen molar-refractivity contribution in [2.75, 3.05) is 13.7 Å². The third kappa shape index (κ3) is 5.12. The van der Waals surface area contributed by atoms with Crippen LogP contribution in [0, 0.1) is 0 Å². The van der Waals surface area contributed by atoms with Crippen LogP contribution in [-0.4, -0.2) is 25.6 Å². The maximum absolute atomic E-state index is 12.3. The lowest BCUT2D eigenvalue weighted by molar-refractivity contribution is -0.144. The molecule has 0 saturated carbocycles. The number of esters is 1. The van der Waals surface area contributed by atoms with Crippen LogP contribution in [0.2, 0.25) is 0 Å². The number of hydrogen-bond acceptors (Lipinski definition) is 4. The highest BCUT2D eigenvalue weighted by atomic mass is 16.5. The SMILES string of the molecule is COc1ccc2cc(/C=C/C(=O)OCC(=O)N[C@H]3CCCc4ccccc43)ccc2c1. The molecule has 1 amide bonds. The second-order valence-electron chi connectivity index (χ2n) is 7.62. The highest BCUT2D eigenvalue weighted by Gasteiger charge is 2.21. The largest absolute Gasteiger partial charge is 0.497 e. The smallest absolute Gasteiger partial charge is 0.331 e. The van der Waals surface area contributed by atoms with E-state index in [1.54, 1.807) is 13.2 Å². The molecule has 1 N–H and O–H groups in total. The average molecular weight is 415 g/mol. The number of rotatable bonds is 6. The molecular weight excluding hydrogens is 390 g/mol. The van der Waals surface area contributed by atoms with Crippen molar-refractivity contribution in [2.24, 2.45) is 0 Å². The molecule has 0 bridgehead atoms. The van der Waals surface area contributed by atoms with E-state index in [-0.39, 0.29) is 18.6 Å². The van der Waals surface area contributed by atoms with Gasteiger partial charge < -0.3 is 14.8 Å². The summed E-state index contributed by atoms with van der Waals surface area (Å²) in [6.45, 7) is -0.292. The van der Waals surface area contributed by atoms with Crippen LogP contribution in [0.15, 0.2) is 66.7 Å². The minimum atomic E-state index is -0.547. The van der Waals surface area contributed by atoms with Gasteiger partial charge in [0.25, 0.3) is 5.91 Å². The van der Waals surface area contributed by atoms with E-state index in [0.717, 1.165) is 46.9 Å². The van der Waals surface area contributed by atoms with Gasteiger partial charge in [0.1, 0.15) is 5.75 Å². The van der Waals surface area contributed by atoms with Crippen LogP contribution in [-0.2, 0) is 20.7 Å². The summed E-state index contributed by atoms with van der Waals surface area (Å²) in [5.74, 6) is -0.0357. The number of carbonyl (C=O) groups excluding carboxylic acids is 2. The number of methoxy groups -OCH3 is 1. The minimum Gasteiger partial charge on any atom is -0.497 e. The van der Waals surface area contributed by atoms with Gasteiger partial charge in [-0.05, 0) is 71.0 Å². The molecule has 5 heteroatoms. The van der Waals surface area contributed by atoms with Gasteiger partial charge >= 0.3 is 5.97 Å². The fraction of sp³-hybridized carbons (Fsp3) is 0.231. The molecule has 31 heavy (non-hydrogen) atoms. The summed E-state index contributed by atoms with van der Waals surface area (Å²) in [6.07, 6.45) is 5.98. The first kappa shape index (κ1) is 20.7. The van der Waals surface area contributed by atoms with Crippen LogP contribution in [0.25, 0.3) is 16.8 Å². The second-order valence-corrected chi connectivity index (χ2v) is 7.62. The molecule has 0 aliphatic heterocycles. The highest BCUT2D eigenvalue weighted by molar-refractivity contribution is 5.91. The summed E-state index contributed by atoms with van der Waals surface area (Å²) in [5.41, 5.74) is 3.30. The molecule has 0 unspecified atom stereocenters. The van der Waals surface area contributed by atoms with E-state index in [1.165, 1.54) is 11.6 Å². The molecule has 0 aromatic heterocycles. The standard InChI is InChI=1S/C26H25NO4/c1-30-22-13-12-20-15-18(9-11-21(20)16-22)10-14-26(29)31-17-25(28)27-24-8-4-6-19-5-2-3-7-23(19)24/h2-3,5,7,9-16,24H,4,6,8,17H2,1H3,(H,27,28)/b14-10+/t24-/m0/s1. The van der Waals surface area contributed by atoms with Crippen molar-refractivity contribution in [2.45, 2.75) is 25.3 Å². The van der Waals surface area contributed by atoms with Gasteiger partial charge in [-0.2, -0.15) is 0 Å². The molecular formula is C26H25NO4. The van der Waals surface area contributed by atoms with Crippen molar-refractivity contribution in [3.63, 3.8) is 0 Å². The van der Waals surface area contributed by atoms with Crippen molar-refractivity contribution >= 4 is 28.7 Å². The number of amides is 1. The molecule has 0 fully saturated rings. The van der Waals surface area contributed by atoms with Crippen LogP contribution >= 0.6 is 0 Å². The molecule has 0 spiro atoms. The van der Waals surface area contributed by atoms with Crippen LogP contribution < -0.4 is 10.1 Å². The van der Waals surface area contributed by atoms with E-state index >= 15 is 0 Å². The summed E-state index contributed by atoms with van der Waals surface area (Å²) in [7, 11) is 1.64. The normalized spacial score (nSPS) is 15.5. The first-order valence-corrected chi connectivity index (χ1v) is 10.4. The van der Waals surface area contributed by atoms with Gasteiger partial charge in [0.15, 0.2) is 6.61 Å². The van der Waals surface area contributed by atoms with E-state index in [0.29, 0.717) is 0 Å². The number of fused-ring (bicyclic) bond motifs is 2. The number of benzene rings is 3. The Morgan fingerprint density at radius 1 is 1.06 bits per heavy atom. The molecule has 0 saturated heterocycles. The fourth-order valence-corrected chi connectivity index (χ4v) is 3.96. The maximum atomic E-state index is 12.3. The van der Waals surface area contributed by atoms with Gasteiger partial charge in [0.05, 0.1) is 13.2 Å². The Morgan fingerprint density at radius 3 is 2.74 bits per heavy atom. The van der Waals surface area contributed by atoms with Crippen LogP contribution in [0.5, 0.6) is 5.75 Å². The quantitative estimate of drug-likeness (QED) is 0.472. The third-order valence-electron chi connectivity index (χ3n) is 5.53. The fourth-order valence-electron chi connectivity index (χ4n) is 3.96. The van der Waals surface area contributed by atoms with Crippen molar-refractivity contribution in [3.05, 3.63) is 83.4 Å². The zero-order valence-corrected chi connectivity index (χ0v) is 17.5. The zero-order valence-electron chi connectivity index (χ0n) is 17.5. The summed E-state index contributed by atoms with van der Waals surface area (Å²) in [4.78, 5) is 24.3. The van der Waals surface area contributed by atoms with Gasteiger partial charge in [0.2, 0.25) is 0 Å². The van der Waals surface area contributed by atoms with Crippen LogP contribution in [0.4, 0.5) is 0 Å². The molecule has 3 aromatic carbocycles. The summed E-state index contributed by atoms with van der Waals surface area (Å²) < 4.78 is 10.4. The number of hydrogen-bond donors (Lipinski definition) is 1. The molecule has 1 atom stereocenters. The van der Waals surface area contributed by atoms with Gasteiger partial charge in [-0.25, -0.2) is 4.79 Å². The maximum Gasteiger partial charge on any atom is 0.331 e. The highest BCUT2D eigenvalue weighted by Crippen LogP contribution is 2.29.